The smallest absolute Gasteiger partial charge is 0.307 e. The molecule has 0 aromatic heterocycles. The lowest BCUT2D eigenvalue weighted by molar-refractivity contribution is -0.567. The van der Waals surface area contributed by atoms with Gasteiger partial charge in [-0.25, -0.2) is 4.79 Å². The Kier molecular flexibility index (Phi) is 27.9. The molecule has 1 amide bonds. The summed E-state index contributed by atoms with van der Waals surface area (Å²) in [4.78, 5) is 11.3. The summed E-state index contributed by atoms with van der Waals surface area (Å²) in [5, 5.41) is 228. The number of primary amides is 1. The third kappa shape index (κ3) is 16.2. The summed E-state index contributed by atoms with van der Waals surface area (Å²) in [6, 6.07) is 0. The van der Waals surface area contributed by atoms with Crippen LogP contribution in [0.15, 0.2) is 0 Å². The van der Waals surface area contributed by atoms with Crippen LogP contribution in [0.5, 0.6) is 0 Å². The minimum absolute atomic E-state index is 0. The lowest BCUT2D eigenvalue weighted by Crippen LogP contribution is -3.00. The molecule has 14 bridgehead atoms. The average Bonchev–Trinajstić information content (AvgIpc) is 1.52. The van der Waals surface area contributed by atoms with E-state index in [4.69, 9.17) is 66.3 Å². The van der Waals surface area contributed by atoms with Crippen molar-refractivity contribution in [1.29, 1.82) is 0 Å². The van der Waals surface area contributed by atoms with Crippen molar-refractivity contribution < 1.29 is 191 Å². The summed E-state index contributed by atoms with van der Waals surface area (Å²) in [6.07, 6.45) is -66.5. The van der Waals surface area contributed by atoms with Crippen molar-refractivity contribution in [3.63, 3.8) is 0 Å². The van der Waals surface area contributed by atoms with Crippen LogP contribution in [0.1, 0.15) is 32.6 Å². The number of carbonyl (C=O) groups is 1. The highest BCUT2D eigenvalue weighted by Gasteiger charge is 2.59. The molecule has 0 spiro atoms. The minimum Gasteiger partial charge on any atom is -1.00 e. The molecule has 35 atom stereocenters. The third-order valence-corrected chi connectivity index (χ3v) is 16.7. The largest absolute Gasteiger partial charge is 1.00 e. The predicted octanol–water partition coefficient (Wildman–Crippen LogP) is -18.0. The Morgan fingerprint density at radius 1 is 0.307 bits per heavy atom. The highest BCUT2D eigenvalue weighted by Crippen LogP contribution is 2.39. The second-order valence-electron chi connectivity index (χ2n) is 22.7. The molecule has 0 unspecified atom stereocenters. The zero-order valence-electron chi connectivity index (χ0n) is 47.4. The van der Waals surface area contributed by atoms with E-state index in [1.54, 1.807) is 5.32 Å². The number of nitrogens with two attached hydrogens (primary N) is 1. The van der Waals surface area contributed by atoms with Crippen LogP contribution in [-0.2, 0) is 71.1 Å². The summed E-state index contributed by atoms with van der Waals surface area (Å²) in [7, 11) is 0. The number of aliphatic hydroxyl groups is 20. The maximum atomic E-state index is 11.8. The van der Waals surface area contributed by atoms with Crippen molar-refractivity contribution >= 4 is 5.91 Å². The Hall–Kier alpha value is -1.48. The van der Waals surface area contributed by atoms with Gasteiger partial charge in [-0.15, -0.1) is 0 Å². The molecule has 0 radical (unpaired) electrons. The summed E-state index contributed by atoms with van der Waals surface area (Å²) in [6.45, 7) is -4.10. The Morgan fingerprint density at radius 3 is 0.727 bits per heavy atom. The molecule has 21 fully saturated rings. The van der Waals surface area contributed by atoms with Gasteiger partial charge in [-0.1, -0.05) is 6.42 Å². The van der Waals surface area contributed by atoms with E-state index in [2.05, 4.69) is 5.32 Å². The van der Waals surface area contributed by atoms with Gasteiger partial charge < -0.3 is 186 Å². The normalized spacial score (nSPS) is 49.8. The van der Waals surface area contributed by atoms with Gasteiger partial charge in [0.25, 0.3) is 0 Å². The summed E-state index contributed by atoms with van der Waals surface area (Å²) in [5.41, 5.74) is 0. The van der Waals surface area contributed by atoms with Gasteiger partial charge in [-0.2, -0.15) is 0 Å². The Balaban J connectivity index is 0.0000110. The molecule has 21 saturated heterocycles. The number of aliphatic hydroxyl groups excluding tert-OH is 20. The fourth-order valence-corrected chi connectivity index (χ4v) is 11.7. The third-order valence-electron chi connectivity index (χ3n) is 16.7. The predicted molar refractivity (Wildman–Crippen MR) is 270 cm³/mol. The standard InChI is InChI=1S/C50H86N2O35.ClH/c1-15(59)52-7-5-3-2-4-6-51-8-16-37-23(60)30(67)44(74-16)82-38-17(9-53)76-46(32(69)25(38)62)84-40-19(11-55)78-48(34(71)27(40)64)86-42-21(13-57)80-50(36(73)29(42)66)87-43-22(14-58)79-49(35(72)28(43)65)85-41-20(12-56)77-47(33(70)26(41)63)83-39-18(10-54)75-45(81-37)31(68)24(39)61;/h16-51,53-58,60-73H,2-14H2,1H3,(H,52,59);1H/t16-,17+,18-,19+,20-,21+,22-,23+,24+,25+,26+,27-,28+,29+,30+,31+,32-,33+,34-,35+,36+,37+,38+,39+,40+,41+,42+,43+,44+,45+,46+,47+,48+,49+,50+;/m0./s1. The van der Waals surface area contributed by atoms with Gasteiger partial charge in [0.1, 0.15) is 171 Å². The van der Waals surface area contributed by atoms with Crippen LogP contribution in [0, 0.1) is 0 Å². The lowest BCUT2D eigenvalue weighted by atomic mass is 9.95. The number of quaternary nitrogens is 1. The van der Waals surface area contributed by atoms with Gasteiger partial charge in [0.05, 0.1) is 53.1 Å². The molecule has 0 aromatic rings. The van der Waals surface area contributed by atoms with Crippen LogP contribution in [0.4, 0.5) is 0 Å². The molecule has 0 aromatic carbocycles. The van der Waals surface area contributed by atoms with Crippen LogP contribution in [0.3, 0.4) is 0 Å². The molecule has 23 N–H and O–H groups in total. The van der Waals surface area contributed by atoms with E-state index in [0.717, 1.165) is 12.8 Å². The molecule has 514 valence electrons. The molecule has 37 nitrogen and oxygen atoms in total. The summed E-state index contributed by atoms with van der Waals surface area (Å²) in [5.74, 6) is -0.0535. The minimum atomic E-state index is -2.21. The van der Waals surface area contributed by atoms with Crippen LogP contribution in [0.2, 0.25) is 0 Å². The molecular formula is C50H87ClN2O35. The number of hydrogen-bond donors (Lipinski definition) is 22. The highest BCUT2D eigenvalue weighted by molar-refractivity contribution is 5.61. The van der Waals surface area contributed by atoms with Gasteiger partial charge in [0.2, 0.25) is 0 Å². The number of unbranched alkanes of at least 4 members (excludes halogenated alkanes) is 3. The van der Waals surface area contributed by atoms with Crippen molar-refractivity contribution in [2.75, 3.05) is 59.3 Å². The number of rotatable bonds is 15. The van der Waals surface area contributed by atoms with Gasteiger partial charge in [0, 0.05) is 6.54 Å². The molecule has 0 aliphatic carbocycles. The fourth-order valence-electron chi connectivity index (χ4n) is 11.7. The summed E-state index contributed by atoms with van der Waals surface area (Å²) < 4.78 is 81.4. The fraction of sp³-hybridized carbons (Fsp3) is 0.980. The Morgan fingerprint density at radius 2 is 0.511 bits per heavy atom. The van der Waals surface area contributed by atoms with Crippen molar-refractivity contribution in [3.05, 3.63) is 0 Å². The molecule has 21 rings (SSSR count). The maximum absolute atomic E-state index is 11.8. The van der Waals surface area contributed by atoms with Crippen LogP contribution >= 0.6 is 0 Å². The van der Waals surface area contributed by atoms with Crippen LogP contribution in [0.25, 0.3) is 0 Å². The van der Waals surface area contributed by atoms with Crippen LogP contribution < -0.4 is 23.0 Å². The van der Waals surface area contributed by atoms with E-state index in [1.807, 2.05) is 0 Å². The van der Waals surface area contributed by atoms with Crippen molar-refractivity contribution in [3.8, 4) is 0 Å². The summed E-state index contributed by atoms with van der Waals surface area (Å²) >= 11 is 0. The number of hydrogen-bond acceptors (Lipinski definition) is 36. The quantitative estimate of drug-likeness (QED) is 0.0677. The zero-order chi connectivity index (χ0) is 63.3. The topological polar surface area (TPSA) is 580 Å². The molecule has 88 heavy (non-hydrogen) atoms. The van der Waals surface area contributed by atoms with E-state index in [0.29, 0.717) is 25.9 Å². The molecule has 38 heteroatoms. The van der Waals surface area contributed by atoms with E-state index in [1.165, 1.54) is 6.92 Å². The first kappa shape index (κ1) is 73.9. The van der Waals surface area contributed by atoms with Crippen molar-refractivity contribution in [1.82, 2.24) is 5.32 Å². The second kappa shape index (κ2) is 33.3. The Labute approximate surface area is 507 Å². The number of halogens is 1. The van der Waals surface area contributed by atoms with E-state index < -0.39 is 255 Å². The average molecular weight is 1310 g/mol. The van der Waals surface area contributed by atoms with Gasteiger partial charge in [0.15, 0.2) is 44.0 Å². The van der Waals surface area contributed by atoms with Gasteiger partial charge in [-0.3, -0.25) is 5.32 Å². The Bertz CT molecular complexity index is 2080. The SMILES string of the molecule is CC(=O)[NH2+]CCCCCCNC[C@@H]1O[C@@H]2O[C@H]3[C@H](O)[C@H](O)[C@@H](O[C@H]4[C@@H](O)[C@H](O)[C@@H](O[C@H]5[C@H](O)[C@@H](O)[C@@H](O[C@H]6[C@H](O)[C@@H](O)[C@@H](O[C@H]7[C@H](O)[C@@H](O)[C@@H](O[C@H]8[C@H](O)[C@@H](O)[C@@H](O[C@H]1[C@H](O)[C@H]2O)O[C@H]8CO)O[C@H]7CO)O[C@H]6CO)O[C@@H]5CO)O[C@@H]4CO)O[C@@H]3CO.[Cl-]. The van der Waals surface area contributed by atoms with Crippen LogP contribution in [-0.4, -0.2) is 382 Å². The first-order valence-electron chi connectivity index (χ1n) is 28.9. The van der Waals surface area contributed by atoms with Gasteiger partial charge in [-0.05, 0) is 25.8 Å². The highest BCUT2D eigenvalue weighted by atomic mass is 35.5. The zero-order valence-corrected chi connectivity index (χ0v) is 48.2. The van der Waals surface area contributed by atoms with Gasteiger partial charge >= 0.3 is 5.91 Å². The second-order valence-corrected chi connectivity index (χ2v) is 22.7. The van der Waals surface area contributed by atoms with E-state index in [-0.39, 0.29) is 24.9 Å². The van der Waals surface area contributed by atoms with E-state index in [9.17, 15) is 107 Å². The first-order chi connectivity index (χ1) is 41.5. The molecular weight excluding hydrogens is 1220 g/mol. The monoisotopic (exact) mass is 1310 g/mol. The first-order valence-corrected chi connectivity index (χ1v) is 28.9. The molecule has 0 saturated carbocycles. The number of amides is 1. The van der Waals surface area contributed by atoms with E-state index >= 15 is 0 Å². The molecule has 21 aliphatic rings. The van der Waals surface area contributed by atoms with Crippen molar-refractivity contribution in [2.24, 2.45) is 0 Å². The number of ether oxygens (including phenoxy) is 14. The lowest BCUT2D eigenvalue weighted by Gasteiger charge is -2.50. The molecule has 21 heterocycles. The van der Waals surface area contributed by atoms with Crippen molar-refractivity contribution in [2.45, 2.75) is 248 Å². The number of nitrogens with one attached hydrogen (secondary N) is 1. The molecule has 21 aliphatic heterocycles. The maximum Gasteiger partial charge on any atom is 0.307 e. The number of carbonyl (C=O) groups excluding carboxylic acids is 1.